The number of halogens is 1. The smallest absolute Gasteiger partial charge is 0.306 e. The molecular weight excluding hydrogens is 480 g/mol. The van der Waals surface area contributed by atoms with Gasteiger partial charge in [-0.2, -0.15) is 5.10 Å². The molecule has 0 saturated heterocycles. The summed E-state index contributed by atoms with van der Waals surface area (Å²) in [6.45, 7) is 3.14. The van der Waals surface area contributed by atoms with Crippen molar-refractivity contribution in [3.8, 4) is 11.3 Å². The molecule has 8 nitrogen and oxygen atoms in total. The Labute approximate surface area is 217 Å². The number of amides is 2. The van der Waals surface area contributed by atoms with Crippen molar-refractivity contribution >= 4 is 29.4 Å². The summed E-state index contributed by atoms with van der Waals surface area (Å²) in [7, 11) is 0. The van der Waals surface area contributed by atoms with Crippen molar-refractivity contribution in [2.45, 2.75) is 64.3 Å². The average Bonchev–Trinajstić information content (AvgIpc) is 3.32. The minimum Gasteiger partial charge on any atom is -0.481 e. The van der Waals surface area contributed by atoms with Gasteiger partial charge >= 0.3 is 5.97 Å². The Kier molecular flexibility index (Phi) is 8.67. The van der Waals surface area contributed by atoms with Crippen molar-refractivity contribution < 1.29 is 19.5 Å². The summed E-state index contributed by atoms with van der Waals surface area (Å²) in [4.78, 5) is 38.9. The van der Waals surface area contributed by atoms with Crippen LogP contribution in [0, 0.1) is 11.8 Å². The number of hydrogen-bond acceptors (Lipinski definition) is 4. The minimum absolute atomic E-state index is 0.00897. The van der Waals surface area contributed by atoms with Crippen molar-refractivity contribution in [1.29, 1.82) is 0 Å². The van der Waals surface area contributed by atoms with Gasteiger partial charge in [-0.25, -0.2) is 0 Å². The maximum Gasteiger partial charge on any atom is 0.306 e. The Balaban J connectivity index is 1.41. The van der Waals surface area contributed by atoms with Gasteiger partial charge in [0.25, 0.3) is 5.91 Å². The van der Waals surface area contributed by atoms with E-state index in [2.05, 4.69) is 12.2 Å². The van der Waals surface area contributed by atoms with E-state index in [0.29, 0.717) is 36.6 Å². The van der Waals surface area contributed by atoms with E-state index in [1.807, 2.05) is 22.9 Å². The normalized spacial score (nSPS) is 21.8. The van der Waals surface area contributed by atoms with Crippen molar-refractivity contribution in [2.24, 2.45) is 11.8 Å². The molecule has 1 atom stereocenters. The second kappa shape index (κ2) is 11.9. The zero-order valence-corrected chi connectivity index (χ0v) is 21.5. The SMILES string of the molecule is CCCCCC1CN(CC(=O)NC[C@H]2CC[C@H](C(=O)O)CC2)C(=O)c2cc(-c3ccc(Cl)cc3)nn21. The number of aliphatic carboxylic acids is 1. The lowest BCUT2D eigenvalue weighted by Gasteiger charge is -2.33. The summed E-state index contributed by atoms with van der Waals surface area (Å²) >= 11 is 6.03. The number of unbranched alkanes of at least 4 members (excludes halogenated alkanes) is 2. The van der Waals surface area contributed by atoms with E-state index in [1.54, 1.807) is 17.0 Å². The number of carbonyl (C=O) groups excluding carboxylic acids is 2. The monoisotopic (exact) mass is 514 g/mol. The first-order valence-corrected chi connectivity index (χ1v) is 13.4. The van der Waals surface area contributed by atoms with Gasteiger partial charge in [-0.05, 0) is 56.2 Å². The third-order valence-corrected chi connectivity index (χ3v) is 7.67. The summed E-state index contributed by atoms with van der Waals surface area (Å²) in [5.41, 5.74) is 2.12. The zero-order valence-electron chi connectivity index (χ0n) is 20.8. The van der Waals surface area contributed by atoms with E-state index in [4.69, 9.17) is 21.8 Å². The quantitative estimate of drug-likeness (QED) is 0.444. The van der Waals surface area contributed by atoms with Crippen LogP contribution in [0.3, 0.4) is 0 Å². The van der Waals surface area contributed by atoms with Crippen LogP contribution in [0.15, 0.2) is 30.3 Å². The molecule has 2 aromatic rings. The Bertz CT molecular complexity index is 1080. The lowest BCUT2D eigenvalue weighted by Crippen LogP contribution is -2.48. The first-order valence-electron chi connectivity index (χ1n) is 13.0. The predicted octanol–water partition coefficient (Wildman–Crippen LogP) is 4.79. The molecule has 1 aliphatic carbocycles. The van der Waals surface area contributed by atoms with Gasteiger partial charge in [0.1, 0.15) is 5.69 Å². The molecule has 194 valence electrons. The summed E-state index contributed by atoms with van der Waals surface area (Å²) in [5.74, 6) is -1.08. The van der Waals surface area contributed by atoms with Crippen LogP contribution in [0.1, 0.15) is 74.8 Å². The Morgan fingerprint density at radius 1 is 1.14 bits per heavy atom. The maximum absolute atomic E-state index is 13.3. The zero-order chi connectivity index (χ0) is 25.7. The number of aromatic nitrogens is 2. The second-order valence-corrected chi connectivity index (χ2v) is 10.5. The number of rotatable bonds is 10. The number of nitrogens with one attached hydrogen (secondary N) is 1. The van der Waals surface area contributed by atoms with Crippen LogP contribution in [0.4, 0.5) is 0 Å². The first-order chi connectivity index (χ1) is 17.4. The van der Waals surface area contributed by atoms with Gasteiger partial charge in [0.05, 0.1) is 24.2 Å². The van der Waals surface area contributed by atoms with E-state index >= 15 is 0 Å². The highest BCUT2D eigenvalue weighted by molar-refractivity contribution is 6.30. The maximum atomic E-state index is 13.3. The molecule has 1 fully saturated rings. The van der Waals surface area contributed by atoms with Crippen molar-refractivity contribution in [2.75, 3.05) is 19.6 Å². The topological polar surface area (TPSA) is 105 Å². The van der Waals surface area contributed by atoms with Crippen molar-refractivity contribution in [3.05, 3.63) is 41.0 Å². The lowest BCUT2D eigenvalue weighted by atomic mass is 9.82. The Morgan fingerprint density at radius 2 is 1.86 bits per heavy atom. The summed E-state index contributed by atoms with van der Waals surface area (Å²) < 4.78 is 1.84. The van der Waals surface area contributed by atoms with Crippen LogP contribution in [-0.2, 0) is 9.59 Å². The van der Waals surface area contributed by atoms with Crippen LogP contribution in [0.25, 0.3) is 11.3 Å². The molecule has 0 spiro atoms. The van der Waals surface area contributed by atoms with Crippen LogP contribution >= 0.6 is 11.6 Å². The molecule has 9 heteroatoms. The molecule has 1 saturated carbocycles. The molecule has 2 amide bonds. The molecule has 2 aliphatic rings. The van der Waals surface area contributed by atoms with Gasteiger partial charge in [0.15, 0.2) is 0 Å². The van der Waals surface area contributed by atoms with Crippen LogP contribution in [-0.4, -0.2) is 57.2 Å². The molecule has 0 bridgehead atoms. The van der Waals surface area contributed by atoms with Crippen molar-refractivity contribution in [1.82, 2.24) is 20.0 Å². The number of carbonyl (C=O) groups is 3. The first kappa shape index (κ1) is 26.2. The molecule has 1 aromatic heterocycles. The summed E-state index contributed by atoms with van der Waals surface area (Å²) in [6.07, 6.45) is 7.03. The van der Waals surface area contributed by atoms with E-state index in [-0.39, 0.29) is 36.2 Å². The lowest BCUT2D eigenvalue weighted by molar-refractivity contribution is -0.143. The minimum atomic E-state index is -0.729. The van der Waals surface area contributed by atoms with Gasteiger partial charge in [-0.15, -0.1) is 0 Å². The number of benzene rings is 1. The molecule has 4 rings (SSSR count). The number of carboxylic acid groups (broad SMARTS) is 1. The second-order valence-electron chi connectivity index (χ2n) is 10.1. The van der Waals surface area contributed by atoms with Gasteiger partial charge < -0.3 is 15.3 Å². The molecule has 1 aliphatic heterocycles. The highest BCUT2D eigenvalue weighted by atomic mass is 35.5. The fraction of sp³-hybridized carbons (Fsp3) is 0.556. The van der Waals surface area contributed by atoms with Crippen LogP contribution in [0.5, 0.6) is 0 Å². The van der Waals surface area contributed by atoms with Crippen LogP contribution < -0.4 is 5.32 Å². The molecular formula is C27H35ClN4O4. The van der Waals surface area contributed by atoms with E-state index in [9.17, 15) is 14.4 Å². The number of fused-ring (bicyclic) bond motifs is 1. The number of carboxylic acids is 1. The van der Waals surface area contributed by atoms with E-state index in [1.165, 1.54) is 0 Å². The molecule has 1 aromatic carbocycles. The van der Waals surface area contributed by atoms with Crippen LogP contribution in [0.2, 0.25) is 5.02 Å². The van der Waals surface area contributed by atoms with Gasteiger partial charge in [-0.1, -0.05) is 49.9 Å². The molecule has 2 N–H and O–H groups in total. The molecule has 2 heterocycles. The van der Waals surface area contributed by atoms with Crippen molar-refractivity contribution in [3.63, 3.8) is 0 Å². The van der Waals surface area contributed by atoms with E-state index in [0.717, 1.165) is 49.8 Å². The third kappa shape index (κ3) is 6.27. The summed E-state index contributed by atoms with van der Waals surface area (Å²) in [5, 5.41) is 17.6. The number of nitrogens with zero attached hydrogens (tertiary/aromatic N) is 3. The highest BCUT2D eigenvalue weighted by Crippen LogP contribution is 2.30. The highest BCUT2D eigenvalue weighted by Gasteiger charge is 2.34. The average molecular weight is 515 g/mol. The standard InChI is InChI=1S/C27H35ClN4O4/c1-2-3-4-5-22-16-31(17-25(33)29-15-18-6-8-20(9-7-18)27(35)36)26(34)24-14-23(30-32(22)24)19-10-12-21(28)13-11-19/h10-14,18,20,22H,2-9,15-17H2,1H3,(H,29,33)(H,35,36)/t18-,20-,22?. The largest absolute Gasteiger partial charge is 0.481 e. The van der Waals surface area contributed by atoms with Gasteiger partial charge in [0, 0.05) is 23.7 Å². The van der Waals surface area contributed by atoms with Gasteiger partial charge in [0.2, 0.25) is 5.91 Å². The fourth-order valence-corrected chi connectivity index (χ4v) is 5.38. The third-order valence-electron chi connectivity index (χ3n) is 7.42. The number of hydrogen-bond donors (Lipinski definition) is 2. The molecule has 0 radical (unpaired) electrons. The predicted molar refractivity (Wildman–Crippen MR) is 138 cm³/mol. The van der Waals surface area contributed by atoms with Gasteiger partial charge in [-0.3, -0.25) is 19.1 Å². The Morgan fingerprint density at radius 3 is 2.53 bits per heavy atom. The Hall–Kier alpha value is -2.87. The fourth-order valence-electron chi connectivity index (χ4n) is 5.25. The molecule has 1 unspecified atom stereocenters. The summed E-state index contributed by atoms with van der Waals surface area (Å²) in [6, 6.07) is 9.22. The molecule has 36 heavy (non-hydrogen) atoms. The van der Waals surface area contributed by atoms with E-state index < -0.39 is 5.97 Å².